The van der Waals surface area contributed by atoms with Crippen LogP contribution in [0.25, 0.3) is 0 Å². The van der Waals surface area contributed by atoms with Crippen LogP contribution in [0, 0.1) is 0 Å². The molecule has 0 N–H and O–H groups in total. The summed E-state index contributed by atoms with van der Waals surface area (Å²) in [6, 6.07) is 0.0840. The number of hydrogen-bond donors (Lipinski definition) is 0. The van der Waals surface area contributed by atoms with Gasteiger partial charge in [-0.1, -0.05) is 11.6 Å². The van der Waals surface area contributed by atoms with Gasteiger partial charge in [-0.3, -0.25) is 0 Å². The van der Waals surface area contributed by atoms with Crippen LogP contribution in [-0.4, -0.2) is 28.1 Å². The molecule has 0 aromatic carbocycles. The zero-order chi connectivity index (χ0) is 8.97. The molecule has 0 unspecified atom stereocenters. The van der Waals surface area contributed by atoms with Crippen molar-refractivity contribution in [1.29, 1.82) is 0 Å². The Kier molecular flexibility index (Phi) is 3.31. The lowest BCUT2D eigenvalue weighted by molar-refractivity contribution is 0.327. The summed E-state index contributed by atoms with van der Waals surface area (Å²) in [5, 5.41) is 0.00182. The van der Waals surface area contributed by atoms with E-state index in [0.29, 0.717) is 0 Å². The molecule has 0 aliphatic rings. The van der Waals surface area contributed by atoms with Crippen LogP contribution in [0.15, 0.2) is 0 Å². The van der Waals surface area contributed by atoms with Crippen LogP contribution in [0.5, 0.6) is 12.0 Å². The molecule has 66 valence electrons. The maximum absolute atomic E-state index is 5.50. The summed E-state index contributed by atoms with van der Waals surface area (Å²) in [6.07, 6.45) is 0. The molecule has 1 heterocycles. The molecule has 0 saturated heterocycles. The van der Waals surface area contributed by atoms with Crippen LogP contribution in [0.2, 0.25) is 5.28 Å². The first-order valence-electron chi connectivity index (χ1n) is 2.90. The van der Waals surface area contributed by atoms with Gasteiger partial charge in [0, 0.05) is 0 Å². The van der Waals surface area contributed by atoms with Gasteiger partial charge in [0.2, 0.25) is 5.28 Å². The van der Waals surface area contributed by atoms with E-state index in [1.54, 1.807) is 0 Å². The van der Waals surface area contributed by atoms with Crippen LogP contribution in [0.1, 0.15) is 0 Å². The number of ether oxygens (including phenoxy) is 2. The molecular weight excluding hydrogens is 205 g/mol. The minimum atomic E-state index is -0.0521. The summed E-state index contributed by atoms with van der Waals surface area (Å²) < 4.78 is 9.48. The second-order valence-corrected chi connectivity index (χ2v) is 2.18. The molecule has 0 amide bonds. The summed E-state index contributed by atoms with van der Waals surface area (Å²) in [5.41, 5.74) is 0. The summed E-state index contributed by atoms with van der Waals surface area (Å²) in [5.74, 6) is 0. The third-order valence-electron chi connectivity index (χ3n) is 0.933. The average Bonchev–Trinajstić information content (AvgIpc) is 2.04. The fourth-order valence-corrected chi connectivity index (χ4v) is 0.761. The predicted molar refractivity (Wildman–Crippen MR) is 42.7 cm³/mol. The third kappa shape index (κ3) is 2.35. The Morgan fingerprint density at radius 3 is 2.50 bits per heavy atom. The zero-order valence-corrected chi connectivity index (χ0v) is 7.63. The lowest BCUT2D eigenvalue weighted by atomic mass is 11.0. The van der Waals surface area contributed by atoms with Crippen molar-refractivity contribution in [2.24, 2.45) is 0 Å². The van der Waals surface area contributed by atoms with Gasteiger partial charge in [0.05, 0.1) is 7.11 Å². The number of halogens is 2. The van der Waals surface area contributed by atoms with Crippen molar-refractivity contribution in [1.82, 2.24) is 15.0 Å². The van der Waals surface area contributed by atoms with Crippen LogP contribution in [0.4, 0.5) is 0 Å². The Labute approximate surface area is 78.7 Å². The quantitative estimate of drug-likeness (QED) is 0.699. The van der Waals surface area contributed by atoms with Gasteiger partial charge in [-0.05, 0) is 11.6 Å². The van der Waals surface area contributed by atoms with Gasteiger partial charge in [0.15, 0.2) is 6.07 Å². The van der Waals surface area contributed by atoms with Crippen molar-refractivity contribution < 1.29 is 9.47 Å². The number of methoxy groups -OCH3 is 1. The smallest absolute Gasteiger partial charge is 0.325 e. The summed E-state index contributed by atoms with van der Waals surface area (Å²) in [7, 11) is 1.41. The van der Waals surface area contributed by atoms with Crippen LogP contribution >= 0.6 is 23.2 Å². The number of aromatic nitrogens is 3. The fourth-order valence-electron chi connectivity index (χ4n) is 0.519. The molecule has 0 spiro atoms. The Balaban J connectivity index is 2.90. The highest BCUT2D eigenvalue weighted by Crippen LogP contribution is 2.12. The Morgan fingerprint density at radius 1 is 1.25 bits per heavy atom. The van der Waals surface area contributed by atoms with Crippen molar-refractivity contribution in [3.63, 3.8) is 0 Å². The average molecular weight is 210 g/mol. The van der Waals surface area contributed by atoms with Crippen molar-refractivity contribution in [2.75, 3.05) is 13.2 Å². The Morgan fingerprint density at radius 2 is 1.92 bits per heavy atom. The minimum absolute atomic E-state index is 0.00182. The molecule has 1 rings (SSSR count). The molecule has 5 nitrogen and oxygen atoms in total. The normalized spacial score (nSPS) is 9.58. The van der Waals surface area contributed by atoms with Gasteiger partial charge < -0.3 is 9.47 Å². The number of rotatable bonds is 3. The maximum Gasteiger partial charge on any atom is 0.325 e. The molecule has 0 radical (unpaired) electrons. The monoisotopic (exact) mass is 209 g/mol. The number of alkyl halides is 1. The Bertz CT molecular complexity index is 271. The van der Waals surface area contributed by atoms with E-state index in [-0.39, 0.29) is 23.4 Å². The molecule has 0 saturated carbocycles. The topological polar surface area (TPSA) is 57.1 Å². The second-order valence-electron chi connectivity index (χ2n) is 1.63. The first-order valence-corrected chi connectivity index (χ1v) is 3.82. The molecule has 0 aliphatic heterocycles. The van der Waals surface area contributed by atoms with Crippen molar-refractivity contribution in [3.8, 4) is 12.0 Å². The van der Waals surface area contributed by atoms with Crippen LogP contribution in [0.3, 0.4) is 0 Å². The lowest BCUT2D eigenvalue weighted by Gasteiger charge is -2.01. The van der Waals surface area contributed by atoms with Crippen molar-refractivity contribution in [3.05, 3.63) is 5.28 Å². The molecule has 7 heteroatoms. The van der Waals surface area contributed by atoms with Gasteiger partial charge in [-0.15, -0.1) is 4.98 Å². The van der Waals surface area contributed by atoms with E-state index in [9.17, 15) is 0 Å². The third-order valence-corrected chi connectivity index (χ3v) is 1.21. The summed E-state index contributed by atoms with van der Waals surface area (Å²) in [6.45, 7) is 0. The second kappa shape index (κ2) is 4.27. The van der Waals surface area contributed by atoms with Crippen LogP contribution in [-0.2, 0) is 0 Å². The zero-order valence-electron chi connectivity index (χ0n) is 6.12. The molecule has 1 aromatic rings. The van der Waals surface area contributed by atoms with E-state index in [1.165, 1.54) is 7.11 Å². The minimum Gasteiger partial charge on any atom is -0.467 e. The molecule has 0 aliphatic carbocycles. The van der Waals surface area contributed by atoms with Gasteiger partial charge in [-0.2, -0.15) is 9.97 Å². The highest BCUT2D eigenvalue weighted by Gasteiger charge is 2.04. The molecule has 0 fully saturated rings. The summed E-state index contributed by atoms with van der Waals surface area (Å²) in [4.78, 5) is 11.0. The van der Waals surface area contributed by atoms with E-state index >= 15 is 0 Å². The molecule has 0 bridgehead atoms. The SMILES string of the molecule is COc1nc(Cl)nc(OCCl)n1. The van der Waals surface area contributed by atoms with Gasteiger partial charge in [-0.25, -0.2) is 0 Å². The van der Waals surface area contributed by atoms with E-state index in [0.717, 1.165) is 0 Å². The first-order chi connectivity index (χ1) is 5.76. The lowest BCUT2D eigenvalue weighted by Crippen LogP contribution is -2.00. The Hall–Kier alpha value is -0.810. The fraction of sp³-hybridized carbons (Fsp3) is 0.400. The van der Waals surface area contributed by atoms with E-state index in [2.05, 4.69) is 15.0 Å². The van der Waals surface area contributed by atoms with Crippen molar-refractivity contribution >= 4 is 23.2 Å². The van der Waals surface area contributed by atoms with Gasteiger partial charge in [0.25, 0.3) is 0 Å². The molecule has 0 atom stereocenters. The maximum atomic E-state index is 5.50. The number of hydrogen-bond acceptors (Lipinski definition) is 5. The number of nitrogens with zero attached hydrogens (tertiary/aromatic N) is 3. The van der Waals surface area contributed by atoms with E-state index in [4.69, 9.17) is 32.7 Å². The first kappa shape index (κ1) is 9.28. The largest absolute Gasteiger partial charge is 0.467 e. The molecule has 1 aromatic heterocycles. The van der Waals surface area contributed by atoms with E-state index < -0.39 is 0 Å². The predicted octanol–water partition coefficient (Wildman–Crippen LogP) is 1.11. The highest BCUT2D eigenvalue weighted by molar-refractivity contribution is 6.28. The van der Waals surface area contributed by atoms with Crippen molar-refractivity contribution in [2.45, 2.75) is 0 Å². The van der Waals surface area contributed by atoms with Gasteiger partial charge in [0.1, 0.15) is 0 Å². The van der Waals surface area contributed by atoms with Crippen LogP contribution < -0.4 is 9.47 Å². The molecule has 12 heavy (non-hydrogen) atoms. The van der Waals surface area contributed by atoms with Gasteiger partial charge >= 0.3 is 12.0 Å². The standard InChI is InChI=1S/C5H5Cl2N3O2/c1-11-4-8-3(7)9-5(10-4)12-2-6/h2H2,1H3. The van der Waals surface area contributed by atoms with E-state index in [1.807, 2.05) is 0 Å². The molecular formula is C5H5Cl2N3O2. The summed E-state index contributed by atoms with van der Waals surface area (Å²) >= 11 is 10.8. The highest BCUT2D eigenvalue weighted by atomic mass is 35.5.